The summed E-state index contributed by atoms with van der Waals surface area (Å²) < 4.78 is 23.1. The second kappa shape index (κ2) is 9.27. The third-order valence-corrected chi connectivity index (χ3v) is 3.30. The lowest BCUT2D eigenvalue weighted by Gasteiger charge is -2.07. The van der Waals surface area contributed by atoms with E-state index in [0.717, 1.165) is 5.56 Å². The summed E-state index contributed by atoms with van der Waals surface area (Å²) in [6, 6.07) is 11.1. The highest BCUT2D eigenvalue weighted by atomic mass is 19.1. The topological polar surface area (TPSA) is 69.1 Å². The molecule has 0 spiro atoms. The van der Waals surface area contributed by atoms with Crippen molar-refractivity contribution in [2.45, 2.75) is 6.54 Å². The zero-order valence-electron chi connectivity index (χ0n) is 14.0. The third-order valence-electron chi connectivity index (χ3n) is 3.30. The van der Waals surface area contributed by atoms with Crippen molar-refractivity contribution in [3.05, 3.63) is 59.4 Å². The Balaban J connectivity index is 1.80. The van der Waals surface area contributed by atoms with Gasteiger partial charge in [-0.15, -0.1) is 0 Å². The van der Waals surface area contributed by atoms with Crippen LogP contribution in [0.3, 0.4) is 0 Å². The highest BCUT2D eigenvalue weighted by molar-refractivity contribution is 5.84. The number of ether oxygens (including phenoxy) is 2. The van der Waals surface area contributed by atoms with Crippen LogP contribution in [0.25, 0.3) is 0 Å². The molecule has 25 heavy (non-hydrogen) atoms. The zero-order valence-corrected chi connectivity index (χ0v) is 14.0. The molecular weight excluding hydrogens is 327 g/mol. The molecule has 2 aromatic rings. The van der Waals surface area contributed by atoms with Crippen molar-refractivity contribution in [2.24, 2.45) is 5.16 Å². The smallest absolute Gasteiger partial charge is 0.261 e. The molecule has 0 aliphatic heterocycles. The van der Waals surface area contributed by atoms with Crippen LogP contribution in [-0.2, 0) is 16.2 Å². The SMILES string of the molecule is COc1ccc(OC)c(/C=N\OCC(=O)NCc2ccc(F)cc2)c1. The number of benzene rings is 2. The summed E-state index contributed by atoms with van der Waals surface area (Å²) >= 11 is 0. The van der Waals surface area contributed by atoms with E-state index < -0.39 is 0 Å². The number of nitrogens with one attached hydrogen (secondary N) is 1. The van der Waals surface area contributed by atoms with Crippen molar-refractivity contribution in [3.63, 3.8) is 0 Å². The van der Waals surface area contributed by atoms with Crippen LogP contribution in [0, 0.1) is 5.82 Å². The Morgan fingerprint density at radius 2 is 1.92 bits per heavy atom. The minimum absolute atomic E-state index is 0.232. The Morgan fingerprint density at radius 3 is 2.60 bits per heavy atom. The van der Waals surface area contributed by atoms with E-state index in [-0.39, 0.29) is 24.9 Å². The van der Waals surface area contributed by atoms with Crippen molar-refractivity contribution in [3.8, 4) is 11.5 Å². The van der Waals surface area contributed by atoms with Gasteiger partial charge in [-0.2, -0.15) is 0 Å². The molecule has 0 heterocycles. The van der Waals surface area contributed by atoms with Gasteiger partial charge in [0, 0.05) is 12.1 Å². The van der Waals surface area contributed by atoms with E-state index >= 15 is 0 Å². The molecule has 0 aliphatic carbocycles. The summed E-state index contributed by atoms with van der Waals surface area (Å²) in [5, 5.41) is 6.41. The molecule has 1 amide bonds. The van der Waals surface area contributed by atoms with E-state index in [4.69, 9.17) is 14.3 Å². The first kappa shape index (κ1) is 18.3. The highest BCUT2D eigenvalue weighted by Crippen LogP contribution is 2.22. The van der Waals surface area contributed by atoms with E-state index in [1.54, 1.807) is 44.6 Å². The molecule has 132 valence electrons. The van der Waals surface area contributed by atoms with Gasteiger partial charge in [0.15, 0.2) is 6.61 Å². The van der Waals surface area contributed by atoms with E-state index in [1.807, 2.05) is 0 Å². The molecule has 0 saturated carbocycles. The van der Waals surface area contributed by atoms with Gasteiger partial charge in [0.2, 0.25) is 0 Å². The first-order chi connectivity index (χ1) is 12.1. The van der Waals surface area contributed by atoms with Gasteiger partial charge in [-0.3, -0.25) is 4.79 Å². The fourth-order valence-electron chi connectivity index (χ4n) is 1.98. The number of nitrogens with zero attached hydrogens (tertiary/aromatic N) is 1. The van der Waals surface area contributed by atoms with Crippen LogP contribution in [0.15, 0.2) is 47.6 Å². The normalized spacial score (nSPS) is 10.5. The Bertz CT molecular complexity index is 732. The summed E-state index contributed by atoms with van der Waals surface area (Å²) in [5.74, 6) is 0.605. The molecule has 7 heteroatoms. The average molecular weight is 346 g/mol. The maximum atomic E-state index is 12.8. The maximum absolute atomic E-state index is 12.8. The van der Waals surface area contributed by atoms with Crippen molar-refractivity contribution in [1.82, 2.24) is 5.32 Å². The van der Waals surface area contributed by atoms with E-state index in [9.17, 15) is 9.18 Å². The van der Waals surface area contributed by atoms with Crippen LogP contribution in [0.5, 0.6) is 11.5 Å². The van der Waals surface area contributed by atoms with Crippen LogP contribution in [0.2, 0.25) is 0 Å². The first-order valence-electron chi connectivity index (χ1n) is 7.51. The lowest BCUT2D eigenvalue weighted by atomic mass is 10.2. The van der Waals surface area contributed by atoms with Gasteiger partial charge in [0.1, 0.15) is 17.3 Å². The van der Waals surface area contributed by atoms with Gasteiger partial charge in [-0.1, -0.05) is 17.3 Å². The minimum Gasteiger partial charge on any atom is -0.497 e. The molecule has 6 nitrogen and oxygen atoms in total. The standard InChI is InChI=1S/C18H19FN2O4/c1-23-16-7-8-17(24-2)14(9-16)11-21-25-12-18(22)20-10-13-3-5-15(19)6-4-13/h3-9,11H,10,12H2,1-2H3,(H,20,22)/b21-11-. The molecule has 0 unspecified atom stereocenters. The predicted octanol–water partition coefficient (Wildman–Crippen LogP) is 2.51. The summed E-state index contributed by atoms with van der Waals surface area (Å²) in [5.41, 5.74) is 1.45. The van der Waals surface area contributed by atoms with E-state index in [1.165, 1.54) is 18.3 Å². The van der Waals surface area contributed by atoms with Crippen molar-refractivity contribution in [1.29, 1.82) is 0 Å². The Morgan fingerprint density at radius 1 is 1.16 bits per heavy atom. The largest absolute Gasteiger partial charge is 0.497 e. The fraction of sp³-hybridized carbons (Fsp3) is 0.222. The molecule has 0 atom stereocenters. The lowest BCUT2D eigenvalue weighted by molar-refractivity contribution is -0.125. The number of hydrogen-bond donors (Lipinski definition) is 1. The molecule has 1 N–H and O–H groups in total. The monoisotopic (exact) mass is 346 g/mol. The highest BCUT2D eigenvalue weighted by Gasteiger charge is 2.04. The van der Waals surface area contributed by atoms with Crippen molar-refractivity contribution in [2.75, 3.05) is 20.8 Å². The van der Waals surface area contributed by atoms with Crippen LogP contribution in [0.4, 0.5) is 4.39 Å². The van der Waals surface area contributed by atoms with E-state index in [0.29, 0.717) is 17.1 Å². The van der Waals surface area contributed by atoms with Gasteiger partial charge in [0.05, 0.1) is 20.4 Å². The Hall–Kier alpha value is -3.09. The summed E-state index contributed by atoms with van der Waals surface area (Å²) in [6.45, 7) is 0.0554. The Labute approximate surface area is 145 Å². The van der Waals surface area contributed by atoms with Gasteiger partial charge in [-0.25, -0.2) is 4.39 Å². The number of halogens is 1. The minimum atomic E-state index is -0.334. The Kier molecular flexibility index (Phi) is 6.76. The van der Waals surface area contributed by atoms with Crippen molar-refractivity contribution >= 4 is 12.1 Å². The molecule has 2 aromatic carbocycles. The number of carbonyl (C=O) groups excluding carboxylic acids is 1. The summed E-state index contributed by atoms with van der Waals surface area (Å²) in [6.07, 6.45) is 1.44. The van der Waals surface area contributed by atoms with Gasteiger partial charge >= 0.3 is 0 Å². The van der Waals surface area contributed by atoms with Crippen LogP contribution in [0.1, 0.15) is 11.1 Å². The fourth-order valence-corrected chi connectivity index (χ4v) is 1.98. The molecular formula is C18H19FN2O4. The molecule has 0 radical (unpaired) electrons. The number of carbonyl (C=O) groups is 1. The molecule has 0 fully saturated rings. The first-order valence-corrected chi connectivity index (χ1v) is 7.51. The predicted molar refractivity (Wildman–Crippen MR) is 91.3 cm³/mol. The average Bonchev–Trinajstić information content (AvgIpc) is 2.64. The summed E-state index contributed by atoms with van der Waals surface area (Å²) in [4.78, 5) is 16.7. The lowest BCUT2D eigenvalue weighted by Crippen LogP contribution is -2.26. The second-order valence-electron chi connectivity index (χ2n) is 5.02. The number of rotatable bonds is 8. The second-order valence-corrected chi connectivity index (χ2v) is 5.02. The number of hydrogen-bond acceptors (Lipinski definition) is 5. The molecule has 0 aliphatic rings. The third kappa shape index (κ3) is 5.80. The molecule has 0 saturated heterocycles. The van der Waals surface area contributed by atoms with Gasteiger partial charge in [-0.05, 0) is 35.9 Å². The quantitative estimate of drug-likeness (QED) is 0.589. The van der Waals surface area contributed by atoms with Crippen molar-refractivity contribution < 1.29 is 23.5 Å². The maximum Gasteiger partial charge on any atom is 0.261 e. The van der Waals surface area contributed by atoms with Crippen LogP contribution in [-0.4, -0.2) is 32.9 Å². The molecule has 0 aromatic heterocycles. The zero-order chi connectivity index (χ0) is 18.1. The molecule has 0 bridgehead atoms. The van der Waals surface area contributed by atoms with Gasteiger partial charge in [0.25, 0.3) is 5.91 Å². The number of oxime groups is 1. The van der Waals surface area contributed by atoms with Crippen LogP contribution < -0.4 is 14.8 Å². The van der Waals surface area contributed by atoms with Gasteiger partial charge < -0.3 is 19.6 Å². The molecule has 2 rings (SSSR count). The summed E-state index contributed by atoms with van der Waals surface area (Å²) in [7, 11) is 3.10. The van der Waals surface area contributed by atoms with E-state index in [2.05, 4.69) is 10.5 Å². The number of methoxy groups -OCH3 is 2. The number of amides is 1. The van der Waals surface area contributed by atoms with Crippen LogP contribution >= 0.6 is 0 Å².